The van der Waals surface area contributed by atoms with E-state index >= 15 is 0 Å². The standard InChI is InChI=1S/C63H42N4SSi/c1-4-23-47(24-5-1)69(48-25-6-2-7-26-48,49-27-8-3-9-28-49)50-29-19-22-46(41-50)62-64-61(45-21-18-20-43(40-45)44-38-39-60-55(42-44)53-32-13-17-37-59(53)68-60)65-63(66-62)54-33-12-16-36-58(54)67-56-34-14-10-30-51(56)52-31-11-15-35-57(52)67/h1-42H/i10D,11D,12D,13D,14D,15D,16D,17D,18D,20D,21D,30D,31D,32D,33D,34D,35D,36D,37D,38D,39D,40D,42D. The van der Waals surface area contributed by atoms with E-state index in [4.69, 9.17) is 30.0 Å². The number of benzene rings is 10. The Bertz CT molecular complexity index is 5230. The lowest BCUT2D eigenvalue weighted by Gasteiger charge is -2.34. The van der Waals surface area contributed by atoms with Crippen molar-refractivity contribution < 1.29 is 31.5 Å². The van der Waals surface area contributed by atoms with Crippen LogP contribution in [0.5, 0.6) is 0 Å². The fourth-order valence-electron chi connectivity index (χ4n) is 8.97. The third-order valence-electron chi connectivity index (χ3n) is 11.9. The molecule has 0 fully saturated rings. The van der Waals surface area contributed by atoms with Crippen molar-refractivity contribution >= 4 is 82.1 Å². The average Bonchev–Trinajstić information content (AvgIpc) is 1.45. The van der Waals surface area contributed by atoms with Crippen LogP contribution in [0.15, 0.2) is 254 Å². The van der Waals surface area contributed by atoms with E-state index in [0.717, 1.165) is 36.7 Å². The van der Waals surface area contributed by atoms with Crippen molar-refractivity contribution in [3.8, 4) is 51.0 Å². The van der Waals surface area contributed by atoms with Gasteiger partial charge in [-0.05, 0) is 80.2 Å². The number of thiophene rings is 1. The minimum atomic E-state index is -3.42. The topological polar surface area (TPSA) is 43.6 Å². The lowest BCUT2D eigenvalue weighted by atomic mass is 10.0. The van der Waals surface area contributed by atoms with E-state index in [2.05, 4.69) is 0 Å². The van der Waals surface area contributed by atoms with E-state index in [1.807, 2.05) is 103 Å². The summed E-state index contributed by atoms with van der Waals surface area (Å²) in [4.78, 5) is 14.7. The van der Waals surface area contributed by atoms with E-state index in [-0.39, 0.29) is 31.6 Å². The summed E-state index contributed by atoms with van der Waals surface area (Å²) in [6, 6.07) is 18.9. The maximum absolute atomic E-state index is 10.1. The highest BCUT2D eigenvalue weighted by Gasteiger charge is 2.41. The van der Waals surface area contributed by atoms with Crippen molar-refractivity contribution in [2.24, 2.45) is 0 Å². The van der Waals surface area contributed by atoms with Crippen LogP contribution in [0, 0.1) is 0 Å². The summed E-state index contributed by atoms with van der Waals surface area (Å²) in [5.41, 5.74) is -4.08. The van der Waals surface area contributed by atoms with E-state index < -0.39 is 208 Å². The molecule has 0 aliphatic rings. The van der Waals surface area contributed by atoms with Crippen molar-refractivity contribution in [1.82, 2.24) is 19.5 Å². The molecule has 0 atom stereocenters. The molecule has 0 amide bonds. The summed E-state index contributed by atoms with van der Waals surface area (Å²) >= 11 is 0.752. The highest BCUT2D eigenvalue weighted by atomic mass is 32.1. The van der Waals surface area contributed by atoms with Crippen LogP contribution in [-0.4, -0.2) is 27.6 Å². The minimum absolute atomic E-state index is 0.0319. The van der Waals surface area contributed by atoms with Gasteiger partial charge in [0.05, 0.1) is 48.2 Å². The molecule has 0 radical (unpaired) electrons. The molecule has 4 nitrogen and oxygen atoms in total. The molecule has 0 aliphatic heterocycles. The predicted octanol–water partition coefficient (Wildman–Crippen LogP) is 13.4. The van der Waals surface area contributed by atoms with Gasteiger partial charge < -0.3 is 4.57 Å². The zero-order valence-electron chi connectivity index (χ0n) is 58.7. The molecular formula is C63H42N4SSi. The SMILES string of the molecule is [2H]c1c([2H])c(-c2nc(-c3cccc([Si](c4ccccc4)(c4ccccc4)c4ccccc4)c3)nc(-c3c([2H])c([2H])c([2H])c([2H])c3-n3c4c([2H])c([2H])c([2H])c([2H])c4c4c([2H])c([2H])c([2H])c([2H])c43)n2)c([2H])c(-c2c([2H])c([2H])c3sc4c([2H])c([2H])c([2H])c([2H])c4c3c2[2H])c1[2H]. The molecule has 3 heterocycles. The first-order chi connectivity index (χ1) is 43.8. The highest BCUT2D eigenvalue weighted by molar-refractivity contribution is 7.25. The first-order valence-corrected chi connectivity index (χ1v) is 24.3. The van der Waals surface area contributed by atoms with Crippen molar-refractivity contribution in [2.45, 2.75) is 0 Å². The van der Waals surface area contributed by atoms with Crippen LogP contribution >= 0.6 is 11.3 Å². The number of hydrogen-bond donors (Lipinski definition) is 0. The van der Waals surface area contributed by atoms with E-state index in [9.17, 15) is 16.4 Å². The van der Waals surface area contributed by atoms with Crippen LogP contribution in [0.1, 0.15) is 31.5 Å². The van der Waals surface area contributed by atoms with Crippen LogP contribution < -0.4 is 20.7 Å². The number of hydrogen-bond acceptors (Lipinski definition) is 4. The molecule has 0 N–H and O–H groups in total. The molecule has 13 aromatic rings. The lowest BCUT2D eigenvalue weighted by Crippen LogP contribution is -2.74. The molecule has 0 saturated carbocycles. The summed E-state index contributed by atoms with van der Waals surface area (Å²) in [7, 11) is -3.42. The summed E-state index contributed by atoms with van der Waals surface area (Å²) in [6.07, 6.45) is 0. The van der Waals surface area contributed by atoms with Gasteiger partial charge in [-0.3, -0.25) is 0 Å². The molecule has 0 aliphatic carbocycles. The number of aromatic nitrogens is 4. The Labute approximate surface area is 437 Å². The Kier molecular flexibility index (Phi) is 5.76. The van der Waals surface area contributed by atoms with Crippen LogP contribution in [0.3, 0.4) is 0 Å². The normalized spacial score (nSPS) is 16.4. The Balaban J connectivity index is 1.19. The van der Waals surface area contributed by atoms with Gasteiger partial charge in [0.2, 0.25) is 0 Å². The molecule has 3 aromatic heterocycles. The number of para-hydroxylation sites is 3. The van der Waals surface area contributed by atoms with Gasteiger partial charge in [-0.15, -0.1) is 11.3 Å². The van der Waals surface area contributed by atoms with Gasteiger partial charge in [-0.25, -0.2) is 15.0 Å². The second-order valence-corrected chi connectivity index (χ2v) is 20.6. The molecule has 0 spiro atoms. The first kappa shape index (κ1) is 23.4. The summed E-state index contributed by atoms with van der Waals surface area (Å²) in [6.45, 7) is 0. The van der Waals surface area contributed by atoms with Crippen molar-refractivity contribution in [3.05, 3.63) is 254 Å². The molecule has 69 heavy (non-hydrogen) atoms. The Morgan fingerprint density at radius 3 is 1.58 bits per heavy atom. The Morgan fingerprint density at radius 2 is 0.899 bits per heavy atom. The zero-order valence-corrected chi connectivity index (χ0v) is 37.5. The third kappa shape index (κ3) is 6.91. The average molecular weight is 938 g/mol. The molecule has 0 unspecified atom stereocenters. The minimum Gasteiger partial charge on any atom is -0.309 e. The van der Waals surface area contributed by atoms with Gasteiger partial charge in [0, 0.05) is 47.6 Å². The summed E-state index contributed by atoms with van der Waals surface area (Å²) < 4.78 is 212. The second kappa shape index (κ2) is 17.0. The Hall–Kier alpha value is -8.55. The molecule has 10 aromatic carbocycles. The monoisotopic (exact) mass is 937 g/mol. The van der Waals surface area contributed by atoms with Crippen molar-refractivity contribution in [1.29, 1.82) is 0 Å². The van der Waals surface area contributed by atoms with Crippen LogP contribution in [0.4, 0.5) is 0 Å². The van der Waals surface area contributed by atoms with Gasteiger partial charge >= 0.3 is 0 Å². The first-order valence-electron chi connectivity index (χ1n) is 33.0. The van der Waals surface area contributed by atoms with Gasteiger partial charge in [0.15, 0.2) is 25.5 Å². The maximum Gasteiger partial charge on any atom is 0.179 e. The van der Waals surface area contributed by atoms with E-state index in [1.54, 1.807) is 12.1 Å². The van der Waals surface area contributed by atoms with Crippen LogP contribution in [0.2, 0.25) is 0 Å². The summed E-state index contributed by atoms with van der Waals surface area (Å²) in [5, 5.41) is 2.40. The summed E-state index contributed by atoms with van der Waals surface area (Å²) in [5.74, 6) is -1.64. The quantitative estimate of drug-likeness (QED) is 0.107. The van der Waals surface area contributed by atoms with E-state index in [0.29, 0.717) is 0 Å². The highest BCUT2D eigenvalue weighted by Crippen LogP contribution is 2.39. The molecule has 6 heteroatoms. The van der Waals surface area contributed by atoms with Gasteiger partial charge in [-0.2, -0.15) is 0 Å². The molecule has 324 valence electrons. The van der Waals surface area contributed by atoms with Crippen LogP contribution in [-0.2, 0) is 0 Å². The van der Waals surface area contributed by atoms with E-state index in [1.165, 1.54) is 0 Å². The van der Waals surface area contributed by atoms with Gasteiger partial charge in [0.25, 0.3) is 0 Å². The Morgan fingerprint density at radius 1 is 0.377 bits per heavy atom. The molecule has 13 rings (SSSR count). The largest absolute Gasteiger partial charge is 0.309 e. The van der Waals surface area contributed by atoms with Gasteiger partial charge in [0.1, 0.15) is 0 Å². The number of fused-ring (bicyclic) bond motifs is 6. The van der Waals surface area contributed by atoms with Crippen molar-refractivity contribution in [2.75, 3.05) is 0 Å². The number of rotatable bonds is 9. The lowest BCUT2D eigenvalue weighted by molar-refractivity contribution is 1.06. The van der Waals surface area contributed by atoms with Gasteiger partial charge in [-0.1, -0.05) is 206 Å². The zero-order chi connectivity index (χ0) is 65.7. The number of nitrogens with zero attached hydrogens (tertiary/aromatic N) is 4. The van der Waals surface area contributed by atoms with Crippen LogP contribution in [0.25, 0.3) is 93.0 Å². The molecular weight excluding hydrogens is 873 g/mol. The smallest absolute Gasteiger partial charge is 0.179 e. The fraction of sp³-hybridized carbons (Fsp3) is 0. The molecule has 0 saturated heterocycles. The fourth-order valence-corrected chi connectivity index (χ4v) is 14.7. The maximum atomic E-state index is 10.1. The molecule has 0 bridgehead atoms. The third-order valence-corrected chi connectivity index (χ3v) is 17.7. The van der Waals surface area contributed by atoms with Crippen molar-refractivity contribution in [3.63, 3.8) is 0 Å². The second-order valence-electron chi connectivity index (χ2n) is 15.8. The predicted molar refractivity (Wildman–Crippen MR) is 292 cm³/mol.